The number of fused-ring (bicyclic) bond motifs is 1. The molecule has 3 heterocycles. The van der Waals surface area contributed by atoms with Crippen LogP contribution in [0, 0.1) is 6.92 Å². The molecule has 0 saturated heterocycles. The number of nitrogens with zero attached hydrogens (tertiary/aromatic N) is 5. The molecule has 0 radical (unpaired) electrons. The first kappa shape index (κ1) is 16.6. The van der Waals surface area contributed by atoms with E-state index < -0.39 is 0 Å². The lowest BCUT2D eigenvalue weighted by molar-refractivity contribution is 0.794. The minimum Gasteiger partial charge on any atom is -0.268 e. The van der Waals surface area contributed by atoms with E-state index in [4.69, 9.17) is 4.98 Å². The summed E-state index contributed by atoms with van der Waals surface area (Å²) >= 11 is 2.72. The van der Waals surface area contributed by atoms with Gasteiger partial charge in [-0.05, 0) is 66.8 Å². The minimum absolute atomic E-state index is 0.133. The van der Waals surface area contributed by atoms with Crippen LogP contribution in [0.25, 0.3) is 16.7 Å². The van der Waals surface area contributed by atoms with Gasteiger partial charge in [-0.1, -0.05) is 18.2 Å². The normalized spacial score (nSPS) is 14.0. The molecule has 1 fully saturated rings. The van der Waals surface area contributed by atoms with Gasteiger partial charge in [0.25, 0.3) is 5.56 Å². The molecule has 5 rings (SSSR count). The quantitative estimate of drug-likeness (QED) is 0.489. The number of aromatic nitrogens is 5. The van der Waals surface area contributed by atoms with Crippen LogP contribution in [0.3, 0.4) is 0 Å². The Morgan fingerprint density at radius 3 is 2.78 bits per heavy atom. The SMILES string of the molecule is Cc1ccc(-n2c(Sc3nc(C4CC4)ns3)nc3ccccc3c2=O)nc1. The van der Waals surface area contributed by atoms with Gasteiger partial charge in [-0.25, -0.2) is 19.5 Å². The Morgan fingerprint density at radius 1 is 1.15 bits per heavy atom. The lowest BCUT2D eigenvalue weighted by Crippen LogP contribution is -2.22. The van der Waals surface area contributed by atoms with Crippen molar-refractivity contribution in [2.75, 3.05) is 0 Å². The maximum Gasteiger partial charge on any atom is 0.267 e. The predicted octanol–water partition coefficient (Wildman–Crippen LogP) is 3.97. The molecule has 1 saturated carbocycles. The number of hydrogen-bond donors (Lipinski definition) is 0. The number of hydrogen-bond acceptors (Lipinski definition) is 7. The lowest BCUT2D eigenvalue weighted by atomic mass is 10.2. The monoisotopic (exact) mass is 393 g/mol. The van der Waals surface area contributed by atoms with E-state index in [2.05, 4.69) is 14.3 Å². The average molecular weight is 393 g/mol. The van der Waals surface area contributed by atoms with Crippen LogP contribution in [0.4, 0.5) is 0 Å². The molecule has 6 nitrogen and oxygen atoms in total. The molecule has 4 aromatic rings. The molecule has 0 N–H and O–H groups in total. The maximum absolute atomic E-state index is 13.2. The molecule has 134 valence electrons. The van der Waals surface area contributed by atoms with Crippen molar-refractivity contribution in [2.45, 2.75) is 35.2 Å². The van der Waals surface area contributed by atoms with Crippen LogP contribution < -0.4 is 5.56 Å². The Labute approximate surface area is 163 Å². The first-order valence-corrected chi connectivity index (χ1v) is 10.2. The molecular formula is C19H15N5OS2. The third-order valence-electron chi connectivity index (χ3n) is 4.41. The fraction of sp³-hybridized carbons (Fsp3) is 0.211. The van der Waals surface area contributed by atoms with E-state index in [9.17, 15) is 4.79 Å². The third kappa shape index (κ3) is 3.15. The third-order valence-corrected chi connectivity index (χ3v) is 6.14. The lowest BCUT2D eigenvalue weighted by Gasteiger charge is -2.11. The highest BCUT2D eigenvalue weighted by Crippen LogP contribution is 2.40. The Bertz CT molecular complexity index is 1190. The molecule has 0 atom stereocenters. The number of rotatable bonds is 4. The van der Waals surface area contributed by atoms with Crippen molar-refractivity contribution in [1.29, 1.82) is 0 Å². The molecule has 1 aromatic carbocycles. The Morgan fingerprint density at radius 2 is 2.00 bits per heavy atom. The zero-order valence-electron chi connectivity index (χ0n) is 14.5. The van der Waals surface area contributed by atoms with E-state index in [1.165, 1.54) is 23.3 Å². The molecule has 0 spiro atoms. The molecule has 1 aliphatic rings. The van der Waals surface area contributed by atoms with Gasteiger partial charge in [-0.2, -0.15) is 4.37 Å². The molecule has 0 aliphatic heterocycles. The van der Waals surface area contributed by atoms with Crippen molar-refractivity contribution in [2.24, 2.45) is 0 Å². The van der Waals surface area contributed by atoms with Gasteiger partial charge in [0.1, 0.15) is 11.6 Å². The van der Waals surface area contributed by atoms with Gasteiger partial charge >= 0.3 is 0 Å². The summed E-state index contributed by atoms with van der Waals surface area (Å²) < 4.78 is 6.80. The van der Waals surface area contributed by atoms with E-state index in [0.717, 1.165) is 28.6 Å². The van der Waals surface area contributed by atoms with E-state index in [-0.39, 0.29) is 5.56 Å². The zero-order valence-corrected chi connectivity index (χ0v) is 16.1. The van der Waals surface area contributed by atoms with Crippen molar-refractivity contribution in [3.05, 3.63) is 64.3 Å². The summed E-state index contributed by atoms with van der Waals surface area (Å²) in [4.78, 5) is 27.0. The molecular weight excluding hydrogens is 378 g/mol. The topological polar surface area (TPSA) is 73.6 Å². The minimum atomic E-state index is -0.133. The molecule has 0 amide bonds. The Hall–Kier alpha value is -2.58. The van der Waals surface area contributed by atoms with Crippen LogP contribution in [0.2, 0.25) is 0 Å². The molecule has 0 unspecified atom stereocenters. The Balaban J connectivity index is 1.67. The van der Waals surface area contributed by atoms with Crippen molar-refractivity contribution < 1.29 is 0 Å². The number of pyridine rings is 1. The second-order valence-electron chi connectivity index (χ2n) is 6.54. The second-order valence-corrected chi connectivity index (χ2v) is 8.51. The highest BCUT2D eigenvalue weighted by atomic mass is 32.2. The highest BCUT2D eigenvalue weighted by molar-refractivity contribution is 8.00. The fourth-order valence-corrected chi connectivity index (χ4v) is 4.51. The van der Waals surface area contributed by atoms with Crippen molar-refractivity contribution in [3.8, 4) is 5.82 Å². The summed E-state index contributed by atoms with van der Waals surface area (Å²) in [5.74, 6) is 1.96. The summed E-state index contributed by atoms with van der Waals surface area (Å²) in [5.41, 5.74) is 1.57. The van der Waals surface area contributed by atoms with Crippen LogP contribution in [0.15, 0.2) is 56.9 Å². The van der Waals surface area contributed by atoms with Crippen LogP contribution in [-0.2, 0) is 0 Å². The van der Waals surface area contributed by atoms with Gasteiger partial charge in [0.15, 0.2) is 9.50 Å². The predicted molar refractivity (Wildman–Crippen MR) is 106 cm³/mol. The number of aryl methyl sites for hydroxylation is 1. The van der Waals surface area contributed by atoms with Crippen LogP contribution in [-0.4, -0.2) is 23.9 Å². The van der Waals surface area contributed by atoms with E-state index in [1.807, 2.05) is 37.3 Å². The summed E-state index contributed by atoms with van der Waals surface area (Å²) in [6.45, 7) is 1.97. The summed E-state index contributed by atoms with van der Waals surface area (Å²) in [7, 11) is 0. The Kier molecular flexibility index (Phi) is 4.02. The molecule has 3 aromatic heterocycles. The first-order chi connectivity index (χ1) is 13.2. The van der Waals surface area contributed by atoms with Crippen LogP contribution in [0.1, 0.15) is 30.1 Å². The van der Waals surface area contributed by atoms with Crippen LogP contribution in [0.5, 0.6) is 0 Å². The smallest absolute Gasteiger partial charge is 0.267 e. The van der Waals surface area contributed by atoms with Crippen molar-refractivity contribution in [3.63, 3.8) is 0 Å². The fourth-order valence-electron chi connectivity index (χ4n) is 2.82. The van der Waals surface area contributed by atoms with Gasteiger partial charge < -0.3 is 0 Å². The largest absolute Gasteiger partial charge is 0.268 e. The highest BCUT2D eigenvalue weighted by Gasteiger charge is 2.28. The van der Waals surface area contributed by atoms with Crippen molar-refractivity contribution >= 4 is 34.2 Å². The van der Waals surface area contributed by atoms with Gasteiger partial charge in [0.05, 0.1) is 10.9 Å². The van der Waals surface area contributed by atoms with E-state index in [0.29, 0.717) is 27.8 Å². The standard InChI is InChI=1S/C19H15N5OS2/c1-11-6-9-15(20-10-11)24-17(25)13-4-2-3-5-14(13)21-18(24)26-19-22-16(23-27-19)12-7-8-12/h2-6,9-10,12H,7-8H2,1H3. The van der Waals surface area contributed by atoms with Gasteiger partial charge in [0.2, 0.25) is 0 Å². The van der Waals surface area contributed by atoms with Crippen LogP contribution >= 0.6 is 23.3 Å². The molecule has 8 heteroatoms. The second kappa shape index (κ2) is 6.54. The summed E-state index contributed by atoms with van der Waals surface area (Å²) in [5, 5.41) is 1.12. The zero-order chi connectivity index (χ0) is 18.4. The van der Waals surface area contributed by atoms with Crippen molar-refractivity contribution in [1.82, 2.24) is 23.9 Å². The molecule has 27 heavy (non-hydrogen) atoms. The first-order valence-electron chi connectivity index (χ1n) is 8.65. The summed E-state index contributed by atoms with van der Waals surface area (Å²) in [6.07, 6.45) is 4.07. The molecule has 0 bridgehead atoms. The van der Waals surface area contributed by atoms with Gasteiger partial charge in [-0.3, -0.25) is 4.79 Å². The van der Waals surface area contributed by atoms with E-state index in [1.54, 1.807) is 16.8 Å². The number of para-hydroxylation sites is 1. The maximum atomic E-state index is 13.2. The average Bonchev–Trinajstić information content (AvgIpc) is 3.43. The number of benzene rings is 1. The van der Waals surface area contributed by atoms with Gasteiger partial charge in [0, 0.05) is 12.1 Å². The summed E-state index contributed by atoms with van der Waals surface area (Å²) in [6, 6.07) is 11.1. The van der Waals surface area contributed by atoms with Gasteiger partial charge in [-0.15, -0.1) is 0 Å². The van der Waals surface area contributed by atoms with E-state index >= 15 is 0 Å². The molecule has 1 aliphatic carbocycles.